The first-order chi connectivity index (χ1) is 8.96. The van der Waals surface area contributed by atoms with Crippen molar-refractivity contribution in [2.45, 2.75) is 44.5 Å². The maximum absolute atomic E-state index is 12.1. The van der Waals surface area contributed by atoms with Gasteiger partial charge in [0.2, 0.25) is 0 Å². The number of carbonyl (C=O) groups excluding carboxylic acids is 1. The number of ether oxygens (including phenoxy) is 1. The van der Waals surface area contributed by atoms with E-state index in [0.29, 0.717) is 18.4 Å². The molecule has 0 spiro atoms. The van der Waals surface area contributed by atoms with Crippen LogP contribution in [0.5, 0.6) is 0 Å². The topological polar surface area (TPSA) is 66.8 Å². The van der Waals surface area contributed by atoms with Crippen LogP contribution in [0.3, 0.4) is 0 Å². The van der Waals surface area contributed by atoms with E-state index in [1.807, 2.05) is 31.2 Å². The van der Waals surface area contributed by atoms with Gasteiger partial charge in [-0.3, -0.25) is 4.79 Å². The van der Waals surface area contributed by atoms with Gasteiger partial charge in [-0.2, -0.15) is 0 Å². The highest BCUT2D eigenvalue weighted by Crippen LogP contribution is 2.35. The smallest absolute Gasteiger partial charge is 0.195 e. The van der Waals surface area contributed by atoms with Gasteiger partial charge in [0.15, 0.2) is 11.4 Å². The Bertz CT molecular complexity index is 457. The molecule has 0 radical (unpaired) electrons. The summed E-state index contributed by atoms with van der Waals surface area (Å²) in [6.45, 7) is 3.51. The van der Waals surface area contributed by atoms with Crippen LogP contribution in [0.1, 0.15) is 26.7 Å². The lowest BCUT2D eigenvalue weighted by Gasteiger charge is -2.38. The van der Waals surface area contributed by atoms with Gasteiger partial charge in [-0.05, 0) is 26.7 Å². The number of hydrogen-bond donors (Lipinski definition) is 2. The molecule has 1 heterocycles. The van der Waals surface area contributed by atoms with Crippen LogP contribution in [0.2, 0.25) is 0 Å². The molecule has 0 saturated heterocycles. The number of allylic oxidation sites excluding steroid dienone is 3. The maximum atomic E-state index is 12.1. The van der Waals surface area contributed by atoms with Gasteiger partial charge in [-0.25, -0.2) is 0 Å². The Kier molecular flexibility index (Phi) is 4.04. The molecule has 2 aliphatic rings. The van der Waals surface area contributed by atoms with E-state index in [1.165, 1.54) is 6.92 Å². The second-order valence-corrected chi connectivity index (χ2v) is 5.24. The van der Waals surface area contributed by atoms with E-state index in [0.717, 1.165) is 5.57 Å². The molecule has 1 aliphatic carbocycles. The van der Waals surface area contributed by atoms with E-state index in [-0.39, 0.29) is 12.7 Å². The Morgan fingerprint density at radius 3 is 2.79 bits per heavy atom. The zero-order chi connectivity index (χ0) is 14.0. The monoisotopic (exact) mass is 264 g/mol. The van der Waals surface area contributed by atoms with Crippen molar-refractivity contribution in [1.29, 1.82) is 0 Å². The number of carbonyl (C=O) groups is 1. The van der Waals surface area contributed by atoms with Crippen LogP contribution in [-0.4, -0.2) is 40.4 Å². The molecule has 0 saturated carbocycles. The largest absolute Gasteiger partial charge is 0.389 e. The van der Waals surface area contributed by atoms with E-state index in [4.69, 9.17) is 4.74 Å². The Morgan fingerprint density at radius 1 is 1.37 bits per heavy atom. The summed E-state index contributed by atoms with van der Waals surface area (Å²) in [6.07, 6.45) is 7.53. The van der Waals surface area contributed by atoms with Crippen LogP contribution in [0.4, 0.5) is 0 Å². The van der Waals surface area contributed by atoms with Gasteiger partial charge in [0.05, 0.1) is 18.8 Å². The van der Waals surface area contributed by atoms with Gasteiger partial charge in [0.25, 0.3) is 0 Å². The molecule has 0 aromatic carbocycles. The van der Waals surface area contributed by atoms with Gasteiger partial charge >= 0.3 is 0 Å². The number of ketones is 1. The molecule has 0 aromatic heterocycles. The van der Waals surface area contributed by atoms with E-state index >= 15 is 0 Å². The molecule has 0 fully saturated rings. The third-order valence-electron chi connectivity index (χ3n) is 3.77. The van der Waals surface area contributed by atoms with E-state index in [2.05, 4.69) is 0 Å². The van der Waals surface area contributed by atoms with Gasteiger partial charge in [-0.1, -0.05) is 29.9 Å². The minimum absolute atomic E-state index is 0.0713. The fraction of sp³-hybridized carbons (Fsp3) is 0.533. The number of Topliss-reactive ketones (excluding diaryl/α,β-unsaturated/α-hetero) is 1. The van der Waals surface area contributed by atoms with Gasteiger partial charge in [0, 0.05) is 5.57 Å². The predicted octanol–water partition coefficient (Wildman–Crippen LogP) is 1.29. The fourth-order valence-corrected chi connectivity index (χ4v) is 2.46. The number of hydrogen-bond acceptors (Lipinski definition) is 4. The van der Waals surface area contributed by atoms with E-state index in [1.54, 1.807) is 0 Å². The van der Waals surface area contributed by atoms with Crippen LogP contribution in [0.15, 0.2) is 35.5 Å². The normalized spacial score (nSPS) is 36.3. The lowest BCUT2D eigenvalue weighted by molar-refractivity contribution is -0.146. The van der Waals surface area contributed by atoms with Gasteiger partial charge in [-0.15, -0.1) is 0 Å². The second kappa shape index (κ2) is 5.41. The van der Waals surface area contributed by atoms with Gasteiger partial charge in [0.1, 0.15) is 0 Å². The molecule has 0 unspecified atom stereocenters. The first-order valence-corrected chi connectivity index (χ1v) is 6.54. The summed E-state index contributed by atoms with van der Waals surface area (Å²) in [5.74, 6) is -0.405. The number of rotatable bonds is 2. The molecule has 19 heavy (non-hydrogen) atoms. The van der Waals surface area contributed by atoms with Crippen molar-refractivity contribution < 1.29 is 19.7 Å². The summed E-state index contributed by atoms with van der Waals surface area (Å²) in [6, 6.07) is 0. The molecule has 0 aromatic rings. The Hall–Kier alpha value is -1.23. The van der Waals surface area contributed by atoms with E-state index in [9.17, 15) is 15.0 Å². The summed E-state index contributed by atoms with van der Waals surface area (Å²) < 4.78 is 5.60. The molecule has 2 N–H and O–H groups in total. The standard InChI is InChI=1S/C15H20O4/c1-3-4-5-6-11-7-10-8-13(16)15(2,18)14(17)12(10)9-19-11/h3-6,11,13,16,18H,7-9H2,1-2H3/b4-3+,6-5+/t11-,13+,15-/m1/s1. The second-order valence-electron chi connectivity index (χ2n) is 5.24. The predicted molar refractivity (Wildman–Crippen MR) is 71.6 cm³/mol. The first-order valence-electron chi connectivity index (χ1n) is 6.54. The van der Waals surface area contributed by atoms with Crippen LogP contribution in [-0.2, 0) is 9.53 Å². The van der Waals surface area contributed by atoms with Crippen molar-refractivity contribution in [2.75, 3.05) is 6.61 Å². The molecular weight excluding hydrogens is 244 g/mol. The lowest BCUT2D eigenvalue weighted by Crippen LogP contribution is -2.52. The first kappa shape index (κ1) is 14.2. The molecule has 2 rings (SSSR count). The summed E-state index contributed by atoms with van der Waals surface area (Å²) in [5, 5.41) is 19.8. The molecule has 4 heteroatoms. The van der Waals surface area contributed by atoms with Crippen molar-refractivity contribution in [1.82, 2.24) is 0 Å². The van der Waals surface area contributed by atoms with Gasteiger partial charge < -0.3 is 14.9 Å². The Balaban J connectivity index is 2.16. The highest BCUT2D eigenvalue weighted by Gasteiger charge is 2.46. The van der Waals surface area contributed by atoms with Crippen molar-refractivity contribution in [3.63, 3.8) is 0 Å². The zero-order valence-electron chi connectivity index (χ0n) is 11.3. The van der Waals surface area contributed by atoms with Crippen molar-refractivity contribution in [2.24, 2.45) is 0 Å². The van der Waals surface area contributed by atoms with Crippen molar-refractivity contribution >= 4 is 5.78 Å². The zero-order valence-corrected chi connectivity index (χ0v) is 11.3. The molecule has 1 aliphatic heterocycles. The Labute approximate surface area is 113 Å². The molecule has 3 atom stereocenters. The Morgan fingerprint density at radius 2 is 2.11 bits per heavy atom. The van der Waals surface area contributed by atoms with Crippen LogP contribution >= 0.6 is 0 Å². The van der Waals surface area contributed by atoms with Crippen LogP contribution in [0.25, 0.3) is 0 Å². The average molecular weight is 264 g/mol. The molecule has 0 bridgehead atoms. The van der Waals surface area contributed by atoms with Crippen LogP contribution in [0, 0.1) is 0 Å². The van der Waals surface area contributed by atoms with Crippen LogP contribution < -0.4 is 0 Å². The van der Waals surface area contributed by atoms with Crippen molar-refractivity contribution in [3.05, 3.63) is 35.5 Å². The SMILES string of the molecule is C/C=C/C=C/[C@@H]1CC2=C(CO1)C(=O)[C@](C)(O)[C@@H](O)C2. The fourth-order valence-electron chi connectivity index (χ4n) is 2.46. The lowest BCUT2D eigenvalue weighted by atomic mass is 9.76. The number of aliphatic hydroxyl groups is 2. The number of aliphatic hydroxyl groups excluding tert-OH is 1. The maximum Gasteiger partial charge on any atom is 0.195 e. The molecule has 104 valence electrons. The van der Waals surface area contributed by atoms with Crippen molar-refractivity contribution in [3.8, 4) is 0 Å². The summed E-state index contributed by atoms with van der Waals surface area (Å²) in [5.41, 5.74) is -0.244. The summed E-state index contributed by atoms with van der Waals surface area (Å²) in [4.78, 5) is 12.1. The summed E-state index contributed by atoms with van der Waals surface area (Å²) >= 11 is 0. The molecule has 4 nitrogen and oxygen atoms in total. The average Bonchev–Trinajstić information content (AvgIpc) is 2.37. The minimum Gasteiger partial charge on any atom is -0.389 e. The highest BCUT2D eigenvalue weighted by molar-refractivity contribution is 6.04. The third kappa shape index (κ3) is 2.71. The molecular formula is C15H20O4. The highest BCUT2D eigenvalue weighted by atomic mass is 16.5. The third-order valence-corrected chi connectivity index (χ3v) is 3.77. The van der Waals surface area contributed by atoms with E-state index < -0.39 is 17.5 Å². The molecule has 0 amide bonds. The minimum atomic E-state index is -1.68. The quantitative estimate of drug-likeness (QED) is 0.738. The summed E-state index contributed by atoms with van der Waals surface area (Å²) in [7, 11) is 0.